The number of aromatic nitrogens is 2. The number of nitrogens with one attached hydrogen (secondary N) is 1. The van der Waals surface area contributed by atoms with Crippen LogP contribution < -0.4 is 5.73 Å². The summed E-state index contributed by atoms with van der Waals surface area (Å²) in [5.74, 6) is 0.822. The van der Waals surface area contributed by atoms with Crippen molar-refractivity contribution in [1.29, 1.82) is 0 Å². The van der Waals surface area contributed by atoms with Gasteiger partial charge in [-0.15, -0.1) is 0 Å². The minimum absolute atomic E-state index is 0.182. The zero-order valence-corrected chi connectivity index (χ0v) is 9.47. The third-order valence-corrected chi connectivity index (χ3v) is 4.96. The number of hydrogen-bond acceptors (Lipinski definition) is 4. The van der Waals surface area contributed by atoms with Gasteiger partial charge in [0.25, 0.3) is 0 Å². The number of nitrogens with two attached hydrogens (primary N) is 1. The first-order valence-electron chi connectivity index (χ1n) is 4.93. The van der Waals surface area contributed by atoms with Gasteiger partial charge < -0.3 is 10.7 Å². The summed E-state index contributed by atoms with van der Waals surface area (Å²) < 4.78 is 23.2. The van der Waals surface area contributed by atoms with Crippen molar-refractivity contribution in [2.75, 3.05) is 17.2 Å². The van der Waals surface area contributed by atoms with Crippen molar-refractivity contribution >= 4 is 15.8 Å². The van der Waals surface area contributed by atoms with Crippen LogP contribution >= 0.6 is 0 Å². The van der Waals surface area contributed by atoms with Gasteiger partial charge in [0.15, 0.2) is 15.8 Å². The Morgan fingerprint density at radius 3 is 2.87 bits per heavy atom. The number of H-pyrrole nitrogens is 1. The van der Waals surface area contributed by atoms with Crippen LogP contribution in [-0.2, 0) is 15.3 Å². The van der Waals surface area contributed by atoms with E-state index >= 15 is 0 Å². The molecule has 1 saturated heterocycles. The Morgan fingerprint density at radius 2 is 2.33 bits per heavy atom. The summed E-state index contributed by atoms with van der Waals surface area (Å²) in [5.41, 5.74) is 5.96. The highest BCUT2D eigenvalue weighted by Crippen LogP contribution is 2.33. The molecule has 84 valence electrons. The lowest BCUT2D eigenvalue weighted by atomic mass is 9.84. The lowest BCUT2D eigenvalue weighted by Crippen LogP contribution is -2.37. The van der Waals surface area contributed by atoms with E-state index in [4.69, 9.17) is 5.73 Å². The summed E-state index contributed by atoms with van der Waals surface area (Å²) in [6.45, 7) is 1.94. The van der Waals surface area contributed by atoms with Gasteiger partial charge in [0.2, 0.25) is 0 Å². The van der Waals surface area contributed by atoms with Gasteiger partial charge in [-0.05, 0) is 12.8 Å². The Balaban J connectivity index is 2.34. The molecular weight excluding hydrogens is 214 g/mol. The normalized spacial score (nSPS) is 30.2. The maximum Gasteiger partial charge on any atom is 0.197 e. The van der Waals surface area contributed by atoms with E-state index in [1.807, 2.05) is 6.92 Å². The van der Waals surface area contributed by atoms with E-state index in [2.05, 4.69) is 9.97 Å². The molecule has 1 aromatic rings. The Labute approximate surface area is 89.0 Å². The second-order valence-corrected chi connectivity index (χ2v) is 6.62. The van der Waals surface area contributed by atoms with E-state index in [9.17, 15) is 8.42 Å². The molecule has 0 aliphatic carbocycles. The molecule has 2 heterocycles. The first kappa shape index (κ1) is 10.5. The van der Waals surface area contributed by atoms with Crippen molar-refractivity contribution in [1.82, 2.24) is 9.97 Å². The highest BCUT2D eigenvalue weighted by atomic mass is 32.2. The molecule has 0 bridgehead atoms. The smallest absolute Gasteiger partial charge is 0.197 e. The highest BCUT2D eigenvalue weighted by molar-refractivity contribution is 7.91. The van der Waals surface area contributed by atoms with Crippen LogP contribution in [0.25, 0.3) is 0 Å². The molecule has 1 aliphatic rings. The van der Waals surface area contributed by atoms with Crippen molar-refractivity contribution in [3.63, 3.8) is 0 Å². The van der Waals surface area contributed by atoms with Crippen LogP contribution in [0.3, 0.4) is 0 Å². The van der Waals surface area contributed by atoms with Crippen molar-refractivity contribution in [3.05, 3.63) is 11.9 Å². The maximum absolute atomic E-state index is 11.6. The van der Waals surface area contributed by atoms with Crippen LogP contribution in [0.2, 0.25) is 0 Å². The Hall–Kier alpha value is -1.04. The molecule has 15 heavy (non-hydrogen) atoms. The van der Waals surface area contributed by atoms with Crippen LogP contribution in [0.5, 0.6) is 0 Å². The molecule has 1 aromatic heterocycles. The number of hydrogen-bond donors (Lipinski definition) is 2. The molecule has 0 radical (unpaired) electrons. The molecule has 0 saturated carbocycles. The largest absolute Gasteiger partial charge is 0.369 e. The van der Waals surface area contributed by atoms with Crippen LogP contribution in [0.15, 0.2) is 6.20 Å². The summed E-state index contributed by atoms with van der Waals surface area (Å²) >= 11 is 0. The SMILES string of the molecule is CC1(c2cnc(N)[nH]2)CCCS(=O)(=O)C1. The van der Waals surface area contributed by atoms with E-state index in [0.29, 0.717) is 18.1 Å². The Morgan fingerprint density at radius 1 is 1.60 bits per heavy atom. The van der Waals surface area contributed by atoms with Crippen molar-refractivity contribution in [2.45, 2.75) is 25.2 Å². The molecule has 5 nitrogen and oxygen atoms in total. The predicted molar refractivity (Wildman–Crippen MR) is 58.2 cm³/mol. The first-order chi connectivity index (χ1) is 6.91. The number of sulfone groups is 1. The number of aromatic amines is 1. The molecular formula is C9H15N3O2S. The molecule has 1 atom stereocenters. The highest BCUT2D eigenvalue weighted by Gasteiger charge is 2.37. The molecule has 0 amide bonds. The van der Waals surface area contributed by atoms with Gasteiger partial charge in [0, 0.05) is 11.1 Å². The summed E-state index contributed by atoms with van der Waals surface area (Å²) in [5, 5.41) is 0. The predicted octanol–water partition coefficient (Wildman–Crippen LogP) is 0.458. The first-order valence-corrected chi connectivity index (χ1v) is 6.75. The molecule has 0 aromatic carbocycles. The summed E-state index contributed by atoms with van der Waals surface area (Å²) in [6, 6.07) is 0. The summed E-state index contributed by atoms with van der Waals surface area (Å²) in [6.07, 6.45) is 3.20. The number of nitrogens with zero attached hydrogens (tertiary/aromatic N) is 1. The number of imidazole rings is 1. The molecule has 2 rings (SSSR count). The van der Waals surface area contributed by atoms with Gasteiger partial charge >= 0.3 is 0 Å². The third-order valence-electron chi connectivity index (χ3n) is 2.97. The van der Waals surface area contributed by atoms with E-state index in [0.717, 1.165) is 12.1 Å². The second kappa shape index (κ2) is 3.23. The van der Waals surface area contributed by atoms with Gasteiger partial charge in [-0.3, -0.25) is 0 Å². The fourth-order valence-corrected chi connectivity index (χ4v) is 4.17. The van der Waals surface area contributed by atoms with Crippen molar-refractivity contribution in [2.24, 2.45) is 0 Å². The molecule has 1 fully saturated rings. The maximum atomic E-state index is 11.6. The lowest BCUT2D eigenvalue weighted by molar-refractivity contribution is 0.436. The monoisotopic (exact) mass is 229 g/mol. The van der Waals surface area contributed by atoms with Gasteiger partial charge in [-0.25, -0.2) is 13.4 Å². The Bertz CT molecular complexity index is 465. The molecule has 1 aliphatic heterocycles. The van der Waals surface area contributed by atoms with Gasteiger partial charge in [-0.2, -0.15) is 0 Å². The van der Waals surface area contributed by atoms with Crippen LogP contribution in [0.4, 0.5) is 5.95 Å². The summed E-state index contributed by atoms with van der Waals surface area (Å²) in [7, 11) is -2.92. The minimum Gasteiger partial charge on any atom is -0.369 e. The topological polar surface area (TPSA) is 88.8 Å². The lowest BCUT2D eigenvalue weighted by Gasteiger charge is -2.31. The Kier molecular flexibility index (Phi) is 2.26. The van der Waals surface area contributed by atoms with Crippen LogP contribution in [-0.4, -0.2) is 29.9 Å². The second-order valence-electron chi connectivity index (χ2n) is 4.44. The van der Waals surface area contributed by atoms with Gasteiger partial charge in [-0.1, -0.05) is 6.92 Å². The van der Waals surface area contributed by atoms with Crippen molar-refractivity contribution in [3.8, 4) is 0 Å². The summed E-state index contributed by atoms with van der Waals surface area (Å²) in [4.78, 5) is 6.84. The number of nitrogen functional groups attached to an aromatic ring is 1. The van der Waals surface area contributed by atoms with E-state index < -0.39 is 9.84 Å². The number of rotatable bonds is 1. The zero-order chi connectivity index (χ0) is 11.1. The van der Waals surface area contributed by atoms with Crippen LogP contribution in [0, 0.1) is 0 Å². The molecule has 1 unspecified atom stereocenters. The fourth-order valence-electron chi connectivity index (χ4n) is 2.17. The standard InChI is InChI=1S/C9H15N3O2S/c1-9(7-5-11-8(10)12-7)3-2-4-15(13,14)6-9/h5H,2-4,6H2,1H3,(H3,10,11,12). The van der Waals surface area contributed by atoms with E-state index in [-0.39, 0.29) is 11.2 Å². The fraction of sp³-hybridized carbons (Fsp3) is 0.667. The number of anilines is 1. The molecule has 0 spiro atoms. The van der Waals surface area contributed by atoms with Gasteiger partial charge in [0.1, 0.15) is 0 Å². The third kappa shape index (κ3) is 1.99. The zero-order valence-electron chi connectivity index (χ0n) is 8.66. The average molecular weight is 229 g/mol. The van der Waals surface area contributed by atoms with Crippen molar-refractivity contribution < 1.29 is 8.42 Å². The minimum atomic E-state index is -2.92. The molecule has 3 N–H and O–H groups in total. The molecule has 6 heteroatoms. The van der Waals surface area contributed by atoms with E-state index in [1.54, 1.807) is 6.20 Å². The van der Waals surface area contributed by atoms with Crippen LogP contribution in [0.1, 0.15) is 25.5 Å². The van der Waals surface area contributed by atoms with Gasteiger partial charge in [0.05, 0.1) is 17.7 Å². The quantitative estimate of drug-likeness (QED) is 0.732. The van der Waals surface area contributed by atoms with E-state index in [1.165, 1.54) is 0 Å². The average Bonchev–Trinajstić information content (AvgIpc) is 2.49.